The Hall–Kier alpha value is -1.63. The number of nitrogens with zero attached hydrogens (tertiary/aromatic N) is 4. The number of rotatable bonds is 2. The minimum Gasteiger partial charge on any atom is -0.345 e. The molecule has 2 aliphatic rings. The number of aromatic nitrogens is 1. The summed E-state index contributed by atoms with van der Waals surface area (Å²) in [6, 6.07) is 0. The molecule has 0 unspecified atom stereocenters. The highest BCUT2D eigenvalue weighted by Gasteiger charge is 2.41. The minimum absolute atomic E-state index is 0.0947. The number of carbonyl (C=O) groups excluding carboxylic acids is 2. The molecule has 1 atom stereocenters. The van der Waals surface area contributed by atoms with Crippen LogP contribution in [-0.4, -0.2) is 64.9 Å². The van der Waals surface area contributed by atoms with Gasteiger partial charge in [-0.1, -0.05) is 0 Å². The third kappa shape index (κ3) is 3.34. The standard InChI is InChI=1S/C16H24N4O2S/c1-16(2,3)20-11-12(10-13(20)21)14(22)18-5-7-19(8-6-18)15-17-4-9-23-15/h4,9,12H,5-8,10-11H2,1-3H3/t12-/m0/s1. The Balaban J connectivity index is 1.57. The van der Waals surface area contributed by atoms with Gasteiger partial charge in [0.1, 0.15) is 0 Å². The van der Waals surface area contributed by atoms with Crippen molar-refractivity contribution in [1.29, 1.82) is 0 Å². The molecular formula is C16H24N4O2S. The van der Waals surface area contributed by atoms with Crippen LogP contribution in [0.5, 0.6) is 0 Å². The maximum Gasteiger partial charge on any atom is 0.228 e. The average molecular weight is 336 g/mol. The third-order valence-electron chi connectivity index (χ3n) is 4.57. The van der Waals surface area contributed by atoms with Gasteiger partial charge in [0, 0.05) is 56.3 Å². The molecule has 126 valence electrons. The van der Waals surface area contributed by atoms with E-state index in [2.05, 4.69) is 9.88 Å². The van der Waals surface area contributed by atoms with Crippen LogP contribution in [-0.2, 0) is 9.59 Å². The van der Waals surface area contributed by atoms with Gasteiger partial charge in [-0.05, 0) is 20.8 Å². The van der Waals surface area contributed by atoms with Crippen molar-refractivity contribution < 1.29 is 9.59 Å². The first-order valence-electron chi connectivity index (χ1n) is 8.10. The smallest absolute Gasteiger partial charge is 0.228 e. The molecule has 0 N–H and O–H groups in total. The van der Waals surface area contributed by atoms with Gasteiger partial charge in [-0.25, -0.2) is 4.98 Å². The van der Waals surface area contributed by atoms with Crippen LogP contribution in [0.2, 0.25) is 0 Å². The molecule has 0 aromatic carbocycles. The van der Waals surface area contributed by atoms with Crippen LogP contribution in [0, 0.1) is 5.92 Å². The van der Waals surface area contributed by atoms with E-state index in [0.29, 0.717) is 26.1 Å². The second-order valence-electron chi connectivity index (χ2n) is 7.20. The van der Waals surface area contributed by atoms with E-state index in [1.165, 1.54) is 0 Å². The summed E-state index contributed by atoms with van der Waals surface area (Å²) in [5.74, 6) is 0.0364. The van der Waals surface area contributed by atoms with Crippen molar-refractivity contribution in [2.75, 3.05) is 37.6 Å². The summed E-state index contributed by atoms with van der Waals surface area (Å²) in [4.78, 5) is 35.2. The van der Waals surface area contributed by atoms with Gasteiger partial charge in [-0.15, -0.1) is 11.3 Å². The molecule has 23 heavy (non-hydrogen) atoms. The molecule has 2 amide bonds. The predicted molar refractivity (Wildman–Crippen MR) is 90.5 cm³/mol. The maximum atomic E-state index is 12.7. The second kappa shape index (κ2) is 6.11. The maximum absolute atomic E-state index is 12.7. The first kappa shape index (κ1) is 16.2. The minimum atomic E-state index is -0.213. The van der Waals surface area contributed by atoms with Gasteiger partial charge >= 0.3 is 0 Å². The van der Waals surface area contributed by atoms with Gasteiger partial charge in [0.2, 0.25) is 11.8 Å². The molecule has 0 bridgehead atoms. The fraction of sp³-hybridized carbons (Fsp3) is 0.688. The van der Waals surface area contributed by atoms with Crippen LogP contribution in [0.15, 0.2) is 11.6 Å². The van der Waals surface area contributed by atoms with Gasteiger partial charge in [-0.2, -0.15) is 0 Å². The fourth-order valence-electron chi connectivity index (χ4n) is 3.27. The zero-order valence-corrected chi connectivity index (χ0v) is 14.8. The highest BCUT2D eigenvalue weighted by Crippen LogP contribution is 2.27. The summed E-state index contributed by atoms with van der Waals surface area (Å²) in [7, 11) is 0. The molecule has 0 aliphatic carbocycles. The Morgan fingerprint density at radius 1 is 1.26 bits per heavy atom. The summed E-state index contributed by atoms with van der Waals surface area (Å²) in [5, 5.41) is 2.99. The molecule has 7 heteroatoms. The SMILES string of the molecule is CC(C)(C)N1C[C@@H](C(=O)N2CCN(c3nccs3)CC2)CC1=O. The van der Waals surface area contributed by atoms with E-state index < -0.39 is 0 Å². The molecule has 6 nitrogen and oxygen atoms in total. The summed E-state index contributed by atoms with van der Waals surface area (Å²) >= 11 is 1.63. The molecule has 3 heterocycles. The van der Waals surface area contributed by atoms with Crippen molar-refractivity contribution >= 4 is 28.3 Å². The first-order chi connectivity index (χ1) is 10.9. The average Bonchev–Trinajstić information content (AvgIpc) is 3.15. The molecule has 0 spiro atoms. The van der Waals surface area contributed by atoms with Gasteiger partial charge in [-0.3, -0.25) is 9.59 Å². The molecule has 1 aromatic rings. The van der Waals surface area contributed by atoms with Crippen LogP contribution >= 0.6 is 11.3 Å². The lowest BCUT2D eigenvalue weighted by molar-refractivity contribution is -0.136. The highest BCUT2D eigenvalue weighted by atomic mass is 32.1. The van der Waals surface area contributed by atoms with Crippen LogP contribution in [0.25, 0.3) is 0 Å². The van der Waals surface area contributed by atoms with Crippen LogP contribution in [0.4, 0.5) is 5.13 Å². The van der Waals surface area contributed by atoms with Crippen molar-refractivity contribution in [1.82, 2.24) is 14.8 Å². The van der Waals surface area contributed by atoms with Gasteiger partial charge in [0.05, 0.1) is 5.92 Å². The first-order valence-corrected chi connectivity index (χ1v) is 8.98. The van der Waals surface area contributed by atoms with Crippen molar-refractivity contribution in [3.05, 3.63) is 11.6 Å². The normalized spacial score (nSPS) is 22.8. The molecular weight excluding hydrogens is 312 g/mol. The largest absolute Gasteiger partial charge is 0.345 e. The molecule has 1 aromatic heterocycles. The van der Waals surface area contributed by atoms with E-state index in [-0.39, 0.29) is 23.3 Å². The Labute approximate surface area is 141 Å². The number of anilines is 1. The lowest BCUT2D eigenvalue weighted by Crippen LogP contribution is -2.51. The van der Waals surface area contributed by atoms with Crippen LogP contribution < -0.4 is 4.90 Å². The van der Waals surface area contributed by atoms with E-state index in [0.717, 1.165) is 18.2 Å². The topological polar surface area (TPSA) is 56.8 Å². The Morgan fingerprint density at radius 2 is 1.96 bits per heavy atom. The zero-order chi connectivity index (χ0) is 16.6. The lowest BCUT2D eigenvalue weighted by Gasteiger charge is -2.36. The van der Waals surface area contributed by atoms with Gasteiger partial charge < -0.3 is 14.7 Å². The number of hydrogen-bond acceptors (Lipinski definition) is 5. The molecule has 0 radical (unpaired) electrons. The Bertz CT molecular complexity index is 573. The van der Waals surface area contributed by atoms with E-state index >= 15 is 0 Å². The summed E-state index contributed by atoms with van der Waals surface area (Å²) in [5.41, 5.74) is -0.213. The van der Waals surface area contributed by atoms with Crippen molar-refractivity contribution in [2.24, 2.45) is 5.92 Å². The van der Waals surface area contributed by atoms with E-state index in [1.54, 1.807) is 11.3 Å². The van der Waals surface area contributed by atoms with E-state index in [1.807, 2.05) is 42.1 Å². The van der Waals surface area contributed by atoms with Crippen LogP contribution in [0.3, 0.4) is 0 Å². The zero-order valence-electron chi connectivity index (χ0n) is 14.0. The number of amides is 2. The second-order valence-corrected chi connectivity index (χ2v) is 8.08. The molecule has 0 saturated carbocycles. The number of thiazole rings is 1. The Morgan fingerprint density at radius 3 is 2.48 bits per heavy atom. The monoisotopic (exact) mass is 336 g/mol. The molecule has 2 saturated heterocycles. The van der Waals surface area contributed by atoms with Crippen LogP contribution in [0.1, 0.15) is 27.2 Å². The van der Waals surface area contributed by atoms with Crippen molar-refractivity contribution in [3.63, 3.8) is 0 Å². The summed E-state index contributed by atoms with van der Waals surface area (Å²) in [6.45, 7) is 9.64. The number of hydrogen-bond donors (Lipinski definition) is 0. The van der Waals surface area contributed by atoms with E-state index in [4.69, 9.17) is 0 Å². The van der Waals surface area contributed by atoms with Gasteiger partial charge in [0.25, 0.3) is 0 Å². The van der Waals surface area contributed by atoms with Crippen molar-refractivity contribution in [3.8, 4) is 0 Å². The highest BCUT2D eigenvalue weighted by molar-refractivity contribution is 7.13. The predicted octanol–water partition coefficient (Wildman–Crippen LogP) is 1.44. The summed E-state index contributed by atoms with van der Waals surface area (Å²) < 4.78 is 0. The van der Waals surface area contributed by atoms with Gasteiger partial charge in [0.15, 0.2) is 5.13 Å². The fourth-order valence-corrected chi connectivity index (χ4v) is 3.97. The molecule has 2 fully saturated rings. The Kier molecular flexibility index (Phi) is 4.31. The number of piperazine rings is 1. The van der Waals surface area contributed by atoms with Crippen molar-refractivity contribution in [2.45, 2.75) is 32.7 Å². The van der Waals surface area contributed by atoms with E-state index in [9.17, 15) is 9.59 Å². The third-order valence-corrected chi connectivity index (χ3v) is 5.40. The molecule has 3 rings (SSSR count). The number of likely N-dealkylation sites (tertiary alicyclic amines) is 1. The number of carbonyl (C=O) groups is 2. The molecule has 2 aliphatic heterocycles. The quantitative estimate of drug-likeness (QED) is 0.820. The summed E-state index contributed by atoms with van der Waals surface area (Å²) in [6.07, 6.45) is 2.16. The lowest BCUT2D eigenvalue weighted by atomic mass is 10.1.